The van der Waals surface area contributed by atoms with Gasteiger partial charge < -0.3 is 15.0 Å². The first-order valence-electron chi connectivity index (χ1n) is 7.92. The Balaban J connectivity index is 1.96. The van der Waals surface area contributed by atoms with E-state index in [1.54, 1.807) is 45.0 Å². The molecule has 2 aliphatic rings. The van der Waals surface area contributed by atoms with Gasteiger partial charge in [-0.2, -0.15) is 13.2 Å². The Morgan fingerprint density at radius 2 is 1.88 bits per heavy atom. The molecule has 1 atom stereocenters. The summed E-state index contributed by atoms with van der Waals surface area (Å²) in [6.45, 7) is 5.08. The molecule has 1 aliphatic carbocycles. The maximum absolute atomic E-state index is 13.9. The van der Waals surface area contributed by atoms with Crippen LogP contribution in [0.5, 0.6) is 5.75 Å². The van der Waals surface area contributed by atoms with Gasteiger partial charge in [-0.15, -0.1) is 0 Å². The van der Waals surface area contributed by atoms with Crippen LogP contribution in [0.3, 0.4) is 0 Å². The molecule has 1 fully saturated rings. The van der Waals surface area contributed by atoms with Crippen LogP contribution in [0.15, 0.2) is 24.3 Å². The van der Waals surface area contributed by atoms with E-state index in [9.17, 15) is 18.0 Å². The van der Waals surface area contributed by atoms with Crippen molar-refractivity contribution < 1.29 is 22.7 Å². The van der Waals surface area contributed by atoms with Gasteiger partial charge in [-0.3, -0.25) is 4.79 Å². The summed E-state index contributed by atoms with van der Waals surface area (Å²) in [5, 5.41) is 2.72. The predicted octanol–water partition coefficient (Wildman–Crippen LogP) is 3.47. The summed E-state index contributed by atoms with van der Waals surface area (Å²) in [5.41, 5.74) is -1.65. The molecule has 1 aliphatic heterocycles. The summed E-state index contributed by atoms with van der Waals surface area (Å²) >= 11 is 0. The Morgan fingerprint density at radius 3 is 2.42 bits per heavy atom. The van der Waals surface area contributed by atoms with Crippen LogP contribution in [0.25, 0.3) is 0 Å². The van der Waals surface area contributed by atoms with E-state index in [1.165, 1.54) is 4.90 Å². The maximum Gasteiger partial charge on any atom is 0.409 e. The summed E-state index contributed by atoms with van der Waals surface area (Å²) in [6, 6.07) is 4.72. The fourth-order valence-corrected chi connectivity index (χ4v) is 3.25. The quantitative estimate of drug-likeness (QED) is 0.915. The van der Waals surface area contributed by atoms with E-state index in [4.69, 9.17) is 4.74 Å². The molecule has 1 aromatic rings. The molecule has 1 aromatic carbocycles. The lowest BCUT2D eigenvalue weighted by atomic mass is 9.91. The molecule has 0 bridgehead atoms. The lowest BCUT2D eigenvalue weighted by Crippen LogP contribution is -2.58. The van der Waals surface area contributed by atoms with Crippen molar-refractivity contribution in [3.63, 3.8) is 0 Å². The number of hydrogen-bond donors (Lipinski definition) is 1. The second kappa shape index (κ2) is 5.29. The Hall–Kier alpha value is -1.92. The number of anilines is 1. The number of rotatable bonds is 3. The minimum atomic E-state index is -4.54. The minimum Gasteiger partial charge on any atom is -0.471 e. The van der Waals surface area contributed by atoms with Crippen molar-refractivity contribution in [2.75, 3.05) is 11.6 Å². The summed E-state index contributed by atoms with van der Waals surface area (Å²) in [5.74, 6) is -0.125. The summed E-state index contributed by atoms with van der Waals surface area (Å²) in [7, 11) is 0. The second-order valence-electron chi connectivity index (χ2n) is 7.52. The molecule has 1 amide bonds. The van der Waals surface area contributed by atoms with Crippen LogP contribution in [-0.2, 0) is 4.79 Å². The largest absolute Gasteiger partial charge is 0.471 e. The Kier molecular flexibility index (Phi) is 3.73. The van der Waals surface area contributed by atoms with Crippen molar-refractivity contribution in [1.82, 2.24) is 5.32 Å². The van der Waals surface area contributed by atoms with E-state index < -0.39 is 29.1 Å². The SMILES string of the molecule is CC(C)(C)NC(=O)C1(C(N2COc3ccccc32)C(F)(F)F)CC1. The fraction of sp³-hybridized carbons (Fsp3) is 0.588. The van der Waals surface area contributed by atoms with Crippen LogP contribution in [0.1, 0.15) is 33.6 Å². The number of fused-ring (bicyclic) bond motifs is 1. The highest BCUT2D eigenvalue weighted by Crippen LogP contribution is 2.57. The number of para-hydroxylation sites is 2. The van der Waals surface area contributed by atoms with Crippen molar-refractivity contribution in [3.05, 3.63) is 24.3 Å². The van der Waals surface area contributed by atoms with Gasteiger partial charge in [0.1, 0.15) is 11.8 Å². The van der Waals surface area contributed by atoms with E-state index in [0.29, 0.717) is 11.4 Å². The van der Waals surface area contributed by atoms with Gasteiger partial charge in [0.15, 0.2) is 6.73 Å². The second-order valence-corrected chi connectivity index (χ2v) is 7.52. The van der Waals surface area contributed by atoms with Crippen LogP contribution in [-0.4, -0.2) is 30.4 Å². The van der Waals surface area contributed by atoms with Gasteiger partial charge in [-0.1, -0.05) is 12.1 Å². The van der Waals surface area contributed by atoms with Gasteiger partial charge in [0.2, 0.25) is 5.91 Å². The number of hydrogen-bond acceptors (Lipinski definition) is 3. The van der Waals surface area contributed by atoms with Crippen LogP contribution in [0.2, 0.25) is 0 Å². The Labute approximate surface area is 139 Å². The number of halogens is 3. The number of carbonyl (C=O) groups is 1. The van der Waals surface area contributed by atoms with E-state index in [2.05, 4.69) is 5.32 Å². The molecule has 0 saturated heterocycles. The normalized spacial score (nSPS) is 20.2. The molecule has 0 radical (unpaired) electrons. The molecule has 1 heterocycles. The van der Waals surface area contributed by atoms with E-state index in [1.807, 2.05) is 0 Å². The molecule has 1 saturated carbocycles. The van der Waals surface area contributed by atoms with Gasteiger partial charge in [0.05, 0.1) is 11.1 Å². The molecule has 0 spiro atoms. The predicted molar refractivity (Wildman–Crippen MR) is 83.8 cm³/mol. The number of nitrogens with zero attached hydrogens (tertiary/aromatic N) is 1. The molecule has 1 N–H and O–H groups in total. The highest BCUT2D eigenvalue weighted by atomic mass is 19.4. The Morgan fingerprint density at radius 1 is 1.25 bits per heavy atom. The third kappa shape index (κ3) is 2.91. The van der Waals surface area contributed by atoms with Crippen molar-refractivity contribution >= 4 is 11.6 Å². The van der Waals surface area contributed by atoms with Crippen LogP contribution >= 0.6 is 0 Å². The van der Waals surface area contributed by atoms with Crippen molar-refractivity contribution in [3.8, 4) is 5.75 Å². The van der Waals surface area contributed by atoms with Gasteiger partial charge in [0, 0.05) is 5.54 Å². The van der Waals surface area contributed by atoms with E-state index in [0.717, 1.165) is 0 Å². The first-order valence-corrected chi connectivity index (χ1v) is 7.92. The highest BCUT2D eigenvalue weighted by molar-refractivity contribution is 5.88. The molecule has 24 heavy (non-hydrogen) atoms. The monoisotopic (exact) mass is 342 g/mol. The van der Waals surface area contributed by atoms with E-state index >= 15 is 0 Å². The third-order valence-corrected chi connectivity index (χ3v) is 4.41. The summed E-state index contributed by atoms with van der Waals surface area (Å²) < 4.78 is 47.1. The van der Waals surface area contributed by atoms with Gasteiger partial charge in [0.25, 0.3) is 0 Å². The molecule has 7 heteroatoms. The van der Waals surface area contributed by atoms with Crippen molar-refractivity contribution in [2.24, 2.45) is 5.41 Å². The number of nitrogens with one attached hydrogen (secondary N) is 1. The lowest BCUT2D eigenvalue weighted by Gasteiger charge is -2.37. The third-order valence-electron chi connectivity index (χ3n) is 4.41. The number of carbonyl (C=O) groups excluding carboxylic acids is 1. The maximum atomic E-state index is 13.9. The zero-order valence-electron chi connectivity index (χ0n) is 13.9. The standard InChI is InChI=1S/C17H21F3N2O2/c1-15(2,3)21-14(23)16(8-9-16)13(17(18,19)20)22-10-24-12-7-5-4-6-11(12)22/h4-7,13H,8-10H2,1-3H3,(H,21,23). The van der Waals surface area contributed by atoms with Gasteiger partial charge in [-0.25, -0.2) is 0 Å². The topological polar surface area (TPSA) is 41.6 Å². The smallest absolute Gasteiger partial charge is 0.409 e. The first-order chi connectivity index (χ1) is 11.0. The summed E-state index contributed by atoms with van der Waals surface area (Å²) in [6.07, 6.45) is -4.10. The number of amides is 1. The fourth-order valence-electron chi connectivity index (χ4n) is 3.25. The summed E-state index contributed by atoms with van der Waals surface area (Å²) in [4.78, 5) is 13.8. The number of benzene rings is 1. The zero-order valence-corrected chi connectivity index (χ0v) is 13.9. The molecule has 3 rings (SSSR count). The average molecular weight is 342 g/mol. The number of alkyl halides is 3. The molecular weight excluding hydrogens is 321 g/mol. The van der Waals surface area contributed by atoms with E-state index in [-0.39, 0.29) is 19.6 Å². The first kappa shape index (κ1) is 16.9. The molecule has 4 nitrogen and oxygen atoms in total. The molecule has 0 aromatic heterocycles. The van der Waals surface area contributed by atoms with Gasteiger partial charge >= 0.3 is 6.18 Å². The Bertz CT molecular complexity index is 648. The molecular formula is C17H21F3N2O2. The highest BCUT2D eigenvalue weighted by Gasteiger charge is 2.67. The minimum absolute atomic E-state index is 0.200. The van der Waals surface area contributed by atoms with Gasteiger partial charge in [-0.05, 0) is 45.7 Å². The van der Waals surface area contributed by atoms with Crippen LogP contribution < -0.4 is 15.0 Å². The lowest BCUT2D eigenvalue weighted by molar-refractivity contribution is -0.171. The molecule has 1 unspecified atom stereocenters. The zero-order chi connectivity index (χ0) is 17.8. The van der Waals surface area contributed by atoms with Crippen molar-refractivity contribution in [2.45, 2.75) is 51.4 Å². The van der Waals surface area contributed by atoms with Crippen LogP contribution in [0.4, 0.5) is 18.9 Å². The number of ether oxygens (including phenoxy) is 1. The van der Waals surface area contributed by atoms with Crippen molar-refractivity contribution in [1.29, 1.82) is 0 Å². The molecule has 132 valence electrons. The average Bonchev–Trinajstić information content (AvgIpc) is 3.12. The van der Waals surface area contributed by atoms with Crippen LogP contribution in [0, 0.1) is 5.41 Å².